The number of hydrogen-bond donors (Lipinski definition) is 1. The van der Waals surface area contributed by atoms with Crippen molar-refractivity contribution in [2.24, 2.45) is 0 Å². The van der Waals surface area contributed by atoms with E-state index in [1.54, 1.807) is 6.20 Å². The molecule has 1 heterocycles. The molecule has 16 heavy (non-hydrogen) atoms. The summed E-state index contributed by atoms with van der Waals surface area (Å²) < 4.78 is 0. The Balaban J connectivity index is 2.64. The van der Waals surface area contributed by atoms with Crippen molar-refractivity contribution >= 4 is 5.82 Å². The molecule has 1 rings (SSSR count). The van der Waals surface area contributed by atoms with Crippen LogP contribution in [0.4, 0.5) is 5.82 Å². The molecule has 0 aliphatic heterocycles. The van der Waals surface area contributed by atoms with Crippen molar-refractivity contribution in [2.45, 2.75) is 39.7 Å². The number of aromatic nitrogens is 1. The first-order valence-corrected chi connectivity index (χ1v) is 5.96. The second-order valence-corrected chi connectivity index (χ2v) is 4.27. The zero-order valence-electron chi connectivity index (χ0n) is 10.5. The number of nitrogens with zero attached hydrogens (tertiary/aromatic N) is 2. The van der Waals surface area contributed by atoms with Crippen molar-refractivity contribution in [3.63, 3.8) is 0 Å². The first-order chi connectivity index (χ1) is 7.69. The number of unbranched alkanes of at least 4 members (excludes halogenated alkanes) is 2. The standard InChI is InChI=1S/C13H22N2O/c1-4-5-6-7-15(3)13-11(2)8-12(10-16)9-14-13/h8-9,16H,4-7,10H2,1-3H3. The van der Waals surface area contributed by atoms with Crippen LogP contribution in [0.5, 0.6) is 0 Å². The summed E-state index contributed by atoms with van der Waals surface area (Å²) in [5.41, 5.74) is 2.01. The third-order valence-electron chi connectivity index (χ3n) is 2.75. The molecule has 0 saturated heterocycles. The maximum Gasteiger partial charge on any atom is 0.131 e. The van der Waals surface area contributed by atoms with E-state index in [9.17, 15) is 0 Å². The minimum absolute atomic E-state index is 0.0632. The lowest BCUT2D eigenvalue weighted by molar-refractivity contribution is 0.281. The molecule has 0 saturated carbocycles. The van der Waals surface area contributed by atoms with Crippen LogP contribution in [-0.4, -0.2) is 23.7 Å². The second kappa shape index (κ2) is 6.48. The van der Waals surface area contributed by atoms with E-state index in [-0.39, 0.29) is 6.61 Å². The molecule has 0 bridgehead atoms. The van der Waals surface area contributed by atoms with Crippen molar-refractivity contribution in [1.82, 2.24) is 4.98 Å². The SMILES string of the molecule is CCCCCN(C)c1ncc(CO)cc1C. The molecule has 0 aliphatic carbocycles. The van der Waals surface area contributed by atoms with Gasteiger partial charge < -0.3 is 10.0 Å². The van der Waals surface area contributed by atoms with Gasteiger partial charge in [0.05, 0.1) is 6.61 Å². The van der Waals surface area contributed by atoms with Crippen molar-refractivity contribution in [3.05, 3.63) is 23.4 Å². The van der Waals surface area contributed by atoms with Crippen LogP contribution < -0.4 is 4.90 Å². The van der Waals surface area contributed by atoms with Gasteiger partial charge in [-0.2, -0.15) is 0 Å². The lowest BCUT2D eigenvalue weighted by Crippen LogP contribution is -2.20. The number of anilines is 1. The topological polar surface area (TPSA) is 36.4 Å². The number of pyridine rings is 1. The fourth-order valence-corrected chi connectivity index (χ4v) is 1.82. The number of aryl methyl sites for hydroxylation is 1. The molecule has 0 spiro atoms. The summed E-state index contributed by atoms with van der Waals surface area (Å²) >= 11 is 0. The Morgan fingerprint density at radius 3 is 2.69 bits per heavy atom. The molecule has 0 fully saturated rings. The normalized spacial score (nSPS) is 10.5. The van der Waals surface area contributed by atoms with Gasteiger partial charge in [0.15, 0.2) is 0 Å². The zero-order chi connectivity index (χ0) is 12.0. The predicted molar refractivity (Wildman–Crippen MR) is 67.7 cm³/mol. The third-order valence-corrected chi connectivity index (χ3v) is 2.75. The van der Waals surface area contributed by atoms with Crippen LogP contribution in [0.25, 0.3) is 0 Å². The highest BCUT2D eigenvalue weighted by molar-refractivity contribution is 5.46. The van der Waals surface area contributed by atoms with Gasteiger partial charge in [-0.3, -0.25) is 0 Å². The maximum absolute atomic E-state index is 9.01. The second-order valence-electron chi connectivity index (χ2n) is 4.27. The van der Waals surface area contributed by atoms with Gasteiger partial charge in [0, 0.05) is 19.8 Å². The van der Waals surface area contributed by atoms with Crippen LogP contribution in [-0.2, 0) is 6.61 Å². The van der Waals surface area contributed by atoms with E-state index >= 15 is 0 Å². The Morgan fingerprint density at radius 2 is 2.12 bits per heavy atom. The van der Waals surface area contributed by atoms with Crippen molar-refractivity contribution in [3.8, 4) is 0 Å². The van der Waals surface area contributed by atoms with Crippen LogP contribution >= 0.6 is 0 Å². The average molecular weight is 222 g/mol. The van der Waals surface area contributed by atoms with Gasteiger partial charge >= 0.3 is 0 Å². The molecule has 0 radical (unpaired) electrons. The monoisotopic (exact) mass is 222 g/mol. The molecular weight excluding hydrogens is 200 g/mol. The quantitative estimate of drug-likeness (QED) is 0.751. The highest BCUT2D eigenvalue weighted by Gasteiger charge is 2.06. The van der Waals surface area contributed by atoms with Gasteiger partial charge in [-0.25, -0.2) is 4.98 Å². The van der Waals surface area contributed by atoms with E-state index in [0.717, 1.165) is 23.5 Å². The molecular formula is C13H22N2O. The number of aliphatic hydroxyl groups excluding tert-OH is 1. The summed E-state index contributed by atoms with van der Waals surface area (Å²) in [5.74, 6) is 1.02. The van der Waals surface area contributed by atoms with Crippen LogP contribution in [0, 0.1) is 6.92 Å². The van der Waals surface area contributed by atoms with Gasteiger partial charge in [-0.1, -0.05) is 19.8 Å². The van der Waals surface area contributed by atoms with Gasteiger partial charge in [-0.15, -0.1) is 0 Å². The smallest absolute Gasteiger partial charge is 0.131 e. The molecule has 3 nitrogen and oxygen atoms in total. The average Bonchev–Trinajstić information content (AvgIpc) is 2.29. The largest absolute Gasteiger partial charge is 0.392 e. The highest BCUT2D eigenvalue weighted by Crippen LogP contribution is 2.17. The van der Waals surface area contributed by atoms with Crippen LogP contribution in [0.15, 0.2) is 12.3 Å². The Labute approximate surface area is 98.1 Å². The maximum atomic E-state index is 9.01. The summed E-state index contributed by atoms with van der Waals surface area (Å²) in [5, 5.41) is 9.01. The fourth-order valence-electron chi connectivity index (χ4n) is 1.82. The molecule has 0 unspecified atom stereocenters. The molecule has 90 valence electrons. The summed E-state index contributed by atoms with van der Waals surface area (Å²) in [6.45, 7) is 5.35. The van der Waals surface area contributed by atoms with Crippen molar-refractivity contribution in [2.75, 3.05) is 18.5 Å². The zero-order valence-corrected chi connectivity index (χ0v) is 10.5. The summed E-state index contributed by atoms with van der Waals surface area (Å²) in [6.07, 6.45) is 5.45. The molecule has 0 aliphatic rings. The van der Waals surface area contributed by atoms with Crippen LogP contribution in [0.3, 0.4) is 0 Å². The molecule has 3 heteroatoms. The molecule has 1 N–H and O–H groups in total. The molecule has 1 aromatic rings. The summed E-state index contributed by atoms with van der Waals surface area (Å²) in [7, 11) is 2.07. The summed E-state index contributed by atoms with van der Waals surface area (Å²) in [6, 6.07) is 2.00. The number of rotatable bonds is 6. The highest BCUT2D eigenvalue weighted by atomic mass is 16.3. The Kier molecular flexibility index (Phi) is 5.26. The van der Waals surface area contributed by atoms with E-state index in [1.807, 2.05) is 13.0 Å². The van der Waals surface area contributed by atoms with E-state index in [2.05, 4.69) is 23.9 Å². The van der Waals surface area contributed by atoms with E-state index in [4.69, 9.17) is 5.11 Å². The van der Waals surface area contributed by atoms with Crippen LogP contribution in [0.1, 0.15) is 37.3 Å². The summed E-state index contributed by atoms with van der Waals surface area (Å²) in [4.78, 5) is 6.58. The van der Waals surface area contributed by atoms with E-state index in [0.29, 0.717) is 0 Å². The Hall–Kier alpha value is -1.09. The van der Waals surface area contributed by atoms with Gasteiger partial charge in [-0.05, 0) is 30.5 Å². The third kappa shape index (κ3) is 3.49. The van der Waals surface area contributed by atoms with Gasteiger partial charge in [0.1, 0.15) is 5.82 Å². The molecule has 0 aromatic carbocycles. The first kappa shape index (κ1) is 13.0. The number of aliphatic hydroxyl groups is 1. The number of hydrogen-bond acceptors (Lipinski definition) is 3. The minimum atomic E-state index is 0.0632. The van der Waals surface area contributed by atoms with E-state index in [1.165, 1.54) is 19.3 Å². The Morgan fingerprint density at radius 1 is 1.38 bits per heavy atom. The first-order valence-electron chi connectivity index (χ1n) is 5.96. The molecule has 0 amide bonds. The predicted octanol–water partition coefficient (Wildman–Crippen LogP) is 2.51. The van der Waals surface area contributed by atoms with E-state index < -0.39 is 0 Å². The van der Waals surface area contributed by atoms with Crippen molar-refractivity contribution in [1.29, 1.82) is 0 Å². The molecule has 1 aromatic heterocycles. The minimum Gasteiger partial charge on any atom is -0.392 e. The molecule has 0 atom stereocenters. The lowest BCUT2D eigenvalue weighted by Gasteiger charge is -2.20. The van der Waals surface area contributed by atoms with Crippen molar-refractivity contribution < 1.29 is 5.11 Å². The van der Waals surface area contributed by atoms with Gasteiger partial charge in [0.2, 0.25) is 0 Å². The lowest BCUT2D eigenvalue weighted by atomic mass is 10.2. The fraction of sp³-hybridized carbons (Fsp3) is 0.615. The van der Waals surface area contributed by atoms with Crippen LogP contribution in [0.2, 0.25) is 0 Å². The Bertz CT molecular complexity index is 326. The van der Waals surface area contributed by atoms with Gasteiger partial charge in [0.25, 0.3) is 0 Å².